The van der Waals surface area contributed by atoms with E-state index in [4.69, 9.17) is 5.11 Å². The first-order valence-electron chi connectivity index (χ1n) is 5.45. The number of carbonyl (C=O) groups is 1. The van der Waals surface area contributed by atoms with Crippen LogP contribution in [0.1, 0.15) is 29.4 Å². The average Bonchev–Trinajstić information content (AvgIpc) is 2.82. The van der Waals surface area contributed by atoms with Gasteiger partial charge in [0, 0.05) is 18.1 Å². The summed E-state index contributed by atoms with van der Waals surface area (Å²) in [5.41, 5.74) is 1.02. The van der Waals surface area contributed by atoms with E-state index < -0.39 is 5.97 Å². The number of aryl methyl sites for hydroxylation is 1. The molecule has 2 aromatic rings. The van der Waals surface area contributed by atoms with E-state index in [0.29, 0.717) is 5.82 Å². The van der Waals surface area contributed by atoms with Crippen molar-refractivity contribution in [3.8, 4) is 5.82 Å². The van der Waals surface area contributed by atoms with Crippen molar-refractivity contribution in [1.29, 1.82) is 0 Å². The minimum Gasteiger partial charge on any atom is -0.478 e. The van der Waals surface area contributed by atoms with E-state index >= 15 is 0 Å². The number of aromatic nitrogens is 3. The monoisotopic (exact) mass is 231 g/mol. The lowest BCUT2D eigenvalue weighted by molar-refractivity contribution is 0.0696. The van der Waals surface area contributed by atoms with Crippen LogP contribution in [0.25, 0.3) is 5.82 Å². The fourth-order valence-corrected chi connectivity index (χ4v) is 1.60. The number of aromatic carboxylic acids is 1. The fourth-order valence-electron chi connectivity index (χ4n) is 1.60. The minimum atomic E-state index is -0.946. The van der Waals surface area contributed by atoms with Crippen molar-refractivity contribution in [3.63, 3.8) is 0 Å². The maximum Gasteiger partial charge on any atom is 0.335 e. The second-order valence-electron chi connectivity index (χ2n) is 3.71. The van der Waals surface area contributed by atoms with Gasteiger partial charge < -0.3 is 5.11 Å². The van der Waals surface area contributed by atoms with Gasteiger partial charge in [-0.2, -0.15) is 5.10 Å². The van der Waals surface area contributed by atoms with Gasteiger partial charge in [-0.1, -0.05) is 13.3 Å². The van der Waals surface area contributed by atoms with Crippen LogP contribution < -0.4 is 0 Å². The summed E-state index contributed by atoms with van der Waals surface area (Å²) in [5, 5.41) is 13.1. The van der Waals surface area contributed by atoms with E-state index in [1.54, 1.807) is 29.2 Å². The van der Waals surface area contributed by atoms with Crippen LogP contribution in [0.5, 0.6) is 0 Å². The number of nitrogens with zero attached hydrogens (tertiary/aromatic N) is 3. The van der Waals surface area contributed by atoms with E-state index in [1.165, 1.54) is 6.07 Å². The third-order valence-corrected chi connectivity index (χ3v) is 2.36. The molecule has 0 aliphatic heterocycles. The van der Waals surface area contributed by atoms with Crippen LogP contribution >= 0.6 is 0 Å². The highest BCUT2D eigenvalue weighted by molar-refractivity contribution is 5.88. The SMILES string of the molecule is CCCc1cc(C(=O)O)cc(-n2cccn2)n1. The van der Waals surface area contributed by atoms with Gasteiger partial charge in [0.1, 0.15) is 0 Å². The molecule has 88 valence electrons. The van der Waals surface area contributed by atoms with Gasteiger partial charge >= 0.3 is 5.97 Å². The number of pyridine rings is 1. The largest absolute Gasteiger partial charge is 0.478 e. The molecular weight excluding hydrogens is 218 g/mol. The molecule has 0 aliphatic rings. The second kappa shape index (κ2) is 4.78. The molecule has 0 saturated carbocycles. The molecule has 0 radical (unpaired) electrons. The molecule has 2 aromatic heterocycles. The summed E-state index contributed by atoms with van der Waals surface area (Å²) in [6.07, 6.45) is 5.06. The lowest BCUT2D eigenvalue weighted by Crippen LogP contribution is -2.06. The maximum absolute atomic E-state index is 11.0. The highest BCUT2D eigenvalue weighted by Gasteiger charge is 2.09. The van der Waals surface area contributed by atoms with Crippen LogP contribution in [0.4, 0.5) is 0 Å². The van der Waals surface area contributed by atoms with Gasteiger partial charge in [0.2, 0.25) is 0 Å². The van der Waals surface area contributed by atoms with Crippen LogP contribution in [-0.2, 0) is 6.42 Å². The lowest BCUT2D eigenvalue weighted by atomic mass is 10.1. The highest BCUT2D eigenvalue weighted by atomic mass is 16.4. The summed E-state index contributed by atoms with van der Waals surface area (Å²) >= 11 is 0. The molecule has 0 unspecified atom stereocenters. The zero-order valence-corrected chi connectivity index (χ0v) is 9.50. The van der Waals surface area contributed by atoms with Gasteiger partial charge in [-0.05, 0) is 24.6 Å². The van der Waals surface area contributed by atoms with Crippen molar-refractivity contribution in [2.45, 2.75) is 19.8 Å². The topological polar surface area (TPSA) is 68.0 Å². The molecule has 0 spiro atoms. The first-order valence-corrected chi connectivity index (χ1v) is 5.45. The summed E-state index contributed by atoms with van der Waals surface area (Å²) in [4.78, 5) is 15.4. The van der Waals surface area contributed by atoms with Crippen LogP contribution in [0.2, 0.25) is 0 Å². The Hall–Kier alpha value is -2.17. The molecule has 0 amide bonds. The normalized spacial score (nSPS) is 10.4. The number of carboxylic acids is 1. The Morgan fingerprint density at radius 3 is 2.88 bits per heavy atom. The minimum absolute atomic E-state index is 0.244. The molecule has 2 rings (SSSR count). The third-order valence-electron chi connectivity index (χ3n) is 2.36. The summed E-state index contributed by atoms with van der Waals surface area (Å²) in [7, 11) is 0. The van der Waals surface area contributed by atoms with Gasteiger partial charge in [-0.25, -0.2) is 14.5 Å². The van der Waals surface area contributed by atoms with E-state index in [-0.39, 0.29) is 5.56 Å². The van der Waals surface area contributed by atoms with Crippen molar-refractivity contribution >= 4 is 5.97 Å². The van der Waals surface area contributed by atoms with Crippen LogP contribution in [-0.4, -0.2) is 25.8 Å². The molecule has 17 heavy (non-hydrogen) atoms. The predicted molar refractivity (Wildman–Crippen MR) is 62.3 cm³/mol. The quantitative estimate of drug-likeness (QED) is 0.872. The zero-order chi connectivity index (χ0) is 12.3. The molecule has 2 heterocycles. The summed E-state index contributed by atoms with van der Waals surface area (Å²) in [5.74, 6) is -0.406. The Balaban J connectivity index is 2.48. The molecule has 0 atom stereocenters. The predicted octanol–water partition coefficient (Wildman–Crippen LogP) is 1.92. The summed E-state index contributed by atoms with van der Waals surface area (Å²) in [6, 6.07) is 4.90. The van der Waals surface area contributed by atoms with Gasteiger partial charge in [-0.15, -0.1) is 0 Å². The molecule has 5 nitrogen and oxygen atoms in total. The second-order valence-corrected chi connectivity index (χ2v) is 3.71. The number of rotatable bonds is 4. The molecular formula is C12H13N3O2. The van der Waals surface area contributed by atoms with Crippen molar-refractivity contribution in [2.24, 2.45) is 0 Å². The molecule has 5 heteroatoms. The first kappa shape index (κ1) is 11.3. The van der Waals surface area contributed by atoms with Crippen LogP contribution in [0.3, 0.4) is 0 Å². The first-order chi connectivity index (χ1) is 8.20. The Kier molecular flexibility index (Phi) is 3.18. The number of carboxylic acid groups (broad SMARTS) is 1. The Morgan fingerprint density at radius 2 is 2.29 bits per heavy atom. The van der Waals surface area contributed by atoms with Gasteiger partial charge in [0.15, 0.2) is 5.82 Å². The van der Waals surface area contributed by atoms with Gasteiger partial charge in [0.05, 0.1) is 5.56 Å². The molecule has 0 bridgehead atoms. The van der Waals surface area contributed by atoms with E-state index in [0.717, 1.165) is 18.5 Å². The summed E-state index contributed by atoms with van der Waals surface area (Å²) < 4.78 is 1.56. The number of hydrogen-bond donors (Lipinski definition) is 1. The van der Waals surface area contributed by atoms with Crippen molar-refractivity contribution in [2.75, 3.05) is 0 Å². The Bertz CT molecular complexity index is 521. The van der Waals surface area contributed by atoms with Crippen LogP contribution in [0.15, 0.2) is 30.6 Å². The summed E-state index contributed by atoms with van der Waals surface area (Å²) in [6.45, 7) is 2.03. The molecule has 0 fully saturated rings. The molecule has 0 aliphatic carbocycles. The van der Waals surface area contributed by atoms with E-state index in [1.807, 2.05) is 6.92 Å². The zero-order valence-electron chi connectivity index (χ0n) is 9.50. The fraction of sp³-hybridized carbons (Fsp3) is 0.250. The molecule has 1 N–H and O–H groups in total. The van der Waals surface area contributed by atoms with E-state index in [2.05, 4.69) is 10.1 Å². The van der Waals surface area contributed by atoms with Crippen LogP contribution in [0, 0.1) is 0 Å². The van der Waals surface area contributed by atoms with Crippen molar-refractivity contribution < 1.29 is 9.90 Å². The maximum atomic E-state index is 11.0. The smallest absolute Gasteiger partial charge is 0.335 e. The van der Waals surface area contributed by atoms with Gasteiger partial charge in [-0.3, -0.25) is 0 Å². The Morgan fingerprint density at radius 1 is 1.47 bits per heavy atom. The lowest BCUT2D eigenvalue weighted by Gasteiger charge is -2.06. The van der Waals surface area contributed by atoms with Crippen molar-refractivity contribution in [3.05, 3.63) is 41.9 Å². The molecule has 0 saturated heterocycles. The van der Waals surface area contributed by atoms with Gasteiger partial charge in [0.25, 0.3) is 0 Å². The van der Waals surface area contributed by atoms with Crippen molar-refractivity contribution in [1.82, 2.24) is 14.8 Å². The Labute approximate surface area is 98.7 Å². The van der Waals surface area contributed by atoms with E-state index in [9.17, 15) is 4.79 Å². The highest BCUT2D eigenvalue weighted by Crippen LogP contribution is 2.11. The molecule has 0 aromatic carbocycles. The standard InChI is InChI=1S/C12H13N3O2/c1-2-4-10-7-9(12(16)17)8-11(14-10)15-6-3-5-13-15/h3,5-8H,2,4H2,1H3,(H,16,17). The average molecular weight is 231 g/mol. The number of hydrogen-bond acceptors (Lipinski definition) is 3. The third kappa shape index (κ3) is 2.50.